The molecule has 0 saturated heterocycles. The molecule has 0 spiro atoms. The first-order valence-electron chi connectivity index (χ1n) is 4.22. The van der Waals surface area contributed by atoms with Crippen LogP contribution in [0.2, 0.25) is 0 Å². The summed E-state index contributed by atoms with van der Waals surface area (Å²) in [4.78, 5) is 10.9. The zero-order valence-corrected chi connectivity index (χ0v) is 8.90. The molecule has 0 radical (unpaired) electrons. The van der Waals surface area contributed by atoms with Crippen LogP contribution in [0.5, 0.6) is 0 Å². The van der Waals surface area contributed by atoms with Crippen molar-refractivity contribution in [3.63, 3.8) is 0 Å². The zero-order valence-electron chi connectivity index (χ0n) is 8.08. The highest BCUT2D eigenvalue weighted by molar-refractivity contribution is 7.87. The van der Waals surface area contributed by atoms with Crippen LogP contribution in [-0.4, -0.2) is 20.4 Å². The van der Waals surface area contributed by atoms with Crippen molar-refractivity contribution in [3.8, 4) is 0 Å². The Hall–Kier alpha value is -1.40. The van der Waals surface area contributed by atoms with E-state index in [2.05, 4.69) is 4.18 Å². The first kappa shape index (κ1) is 11.7. The Morgan fingerprint density at radius 2 is 1.87 bits per heavy atom. The molecular weight excluding hydrogens is 218 g/mol. The molecule has 0 aliphatic carbocycles. The van der Waals surface area contributed by atoms with Crippen LogP contribution < -0.4 is 5.73 Å². The standard InChI is InChI=1S/C9H11NO4S/c1-7(10)9(11)14-15(12,13)8-5-3-2-4-6-8/h2-7H,10H2,1H3/t7-/m0/s1. The van der Waals surface area contributed by atoms with Gasteiger partial charge in [0.1, 0.15) is 10.9 Å². The quantitative estimate of drug-likeness (QED) is 0.751. The van der Waals surface area contributed by atoms with Crippen LogP contribution in [0, 0.1) is 0 Å². The van der Waals surface area contributed by atoms with Crippen LogP contribution in [0.3, 0.4) is 0 Å². The number of carbonyl (C=O) groups excluding carboxylic acids is 1. The molecule has 6 heteroatoms. The van der Waals surface area contributed by atoms with E-state index in [-0.39, 0.29) is 4.90 Å². The van der Waals surface area contributed by atoms with Crippen molar-refractivity contribution >= 4 is 16.1 Å². The van der Waals surface area contributed by atoms with E-state index in [0.29, 0.717) is 0 Å². The molecule has 1 aromatic carbocycles. The summed E-state index contributed by atoms with van der Waals surface area (Å²) in [7, 11) is -4.03. The maximum atomic E-state index is 11.4. The lowest BCUT2D eigenvalue weighted by atomic mass is 10.4. The van der Waals surface area contributed by atoms with Crippen molar-refractivity contribution in [1.29, 1.82) is 0 Å². The van der Waals surface area contributed by atoms with Crippen molar-refractivity contribution in [2.75, 3.05) is 0 Å². The normalized spacial score (nSPS) is 13.2. The molecule has 0 aliphatic rings. The fraction of sp³-hybridized carbons (Fsp3) is 0.222. The lowest BCUT2D eigenvalue weighted by molar-refractivity contribution is -0.134. The zero-order chi connectivity index (χ0) is 11.5. The van der Waals surface area contributed by atoms with E-state index in [9.17, 15) is 13.2 Å². The van der Waals surface area contributed by atoms with Crippen LogP contribution in [0.15, 0.2) is 35.2 Å². The average Bonchev–Trinajstić information content (AvgIpc) is 2.18. The fourth-order valence-corrected chi connectivity index (χ4v) is 1.77. The Morgan fingerprint density at radius 1 is 1.33 bits per heavy atom. The second kappa shape index (κ2) is 4.41. The van der Waals surface area contributed by atoms with Gasteiger partial charge in [-0.3, -0.25) is 0 Å². The summed E-state index contributed by atoms with van der Waals surface area (Å²) >= 11 is 0. The van der Waals surface area contributed by atoms with Crippen molar-refractivity contribution in [2.45, 2.75) is 17.9 Å². The van der Waals surface area contributed by atoms with Crippen LogP contribution in [-0.2, 0) is 19.1 Å². The fourth-order valence-electron chi connectivity index (χ4n) is 0.819. The molecule has 1 atom stereocenters. The summed E-state index contributed by atoms with van der Waals surface area (Å²) in [5, 5.41) is 0. The number of rotatable bonds is 3. The van der Waals surface area contributed by atoms with Gasteiger partial charge in [-0.1, -0.05) is 18.2 Å². The van der Waals surface area contributed by atoms with Gasteiger partial charge in [0.2, 0.25) is 0 Å². The minimum atomic E-state index is -4.03. The number of hydrogen-bond donors (Lipinski definition) is 1. The molecule has 1 rings (SSSR count). The molecule has 15 heavy (non-hydrogen) atoms. The van der Waals surface area contributed by atoms with Gasteiger partial charge < -0.3 is 9.92 Å². The van der Waals surface area contributed by atoms with Crippen molar-refractivity contribution in [3.05, 3.63) is 30.3 Å². The average molecular weight is 229 g/mol. The molecule has 5 nitrogen and oxygen atoms in total. The van der Waals surface area contributed by atoms with E-state index in [1.54, 1.807) is 6.07 Å². The molecule has 0 unspecified atom stereocenters. The monoisotopic (exact) mass is 229 g/mol. The van der Waals surface area contributed by atoms with E-state index in [0.717, 1.165) is 0 Å². The van der Waals surface area contributed by atoms with Crippen molar-refractivity contribution < 1.29 is 17.4 Å². The molecule has 0 heterocycles. The number of carbonyl (C=O) groups is 1. The van der Waals surface area contributed by atoms with Gasteiger partial charge in [-0.05, 0) is 19.1 Å². The Kier molecular flexibility index (Phi) is 3.43. The van der Waals surface area contributed by atoms with Crippen LogP contribution in [0.4, 0.5) is 0 Å². The van der Waals surface area contributed by atoms with Gasteiger partial charge in [-0.2, -0.15) is 8.42 Å². The van der Waals surface area contributed by atoms with Crippen molar-refractivity contribution in [2.24, 2.45) is 5.73 Å². The van der Waals surface area contributed by atoms with E-state index in [4.69, 9.17) is 5.73 Å². The second-order valence-corrected chi connectivity index (χ2v) is 4.50. The molecule has 0 aliphatic heterocycles. The maximum Gasteiger partial charge on any atom is 0.341 e. The van der Waals surface area contributed by atoms with Crippen LogP contribution >= 0.6 is 0 Å². The largest absolute Gasteiger partial charge is 0.341 e. The molecule has 0 aromatic heterocycles. The van der Waals surface area contributed by atoms with Gasteiger partial charge in [-0.25, -0.2) is 4.79 Å². The lowest BCUT2D eigenvalue weighted by Crippen LogP contribution is -2.30. The Morgan fingerprint density at radius 3 is 2.33 bits per heavy atom. The second-order valence-electron chi connectivity index (χ2n) is 2.96. The van der Waals surface area contributed by atoms with Crippen molar-refractivity contribution in [1.82, 2.24) is 0 Å². The Labute approximate surface area is 88.0 Å². The molecular formula is C9H11NO4S. The predicted octanol–water partition coefficient (Wildman–Crippen LogP) is 0.266. The summed E-state index contributed by atoms with van der Waals surface area (Å²) in [5.74, 6) is -0.973. The van der Waals surface area contributed by atoms with Gasteiger partial charge in [0, 0.05) is 0 Å². The lowest BCUT2D eigenvalue weighted by Gasteiger charge is -2.06. The molecule has 1 aromatic rings. The third-order valence-corrected chi connectivity index (χ3v) is 2.83. The first-order valence-corrected chi connectivity index (χ1v) is 5.63. The third-order valence-electron chi connectivity index (χ3n) is 1.60. The number of hydrogen-bond acceptors (Lipinski definition) is 5. The highest BCUT2D eigenvalue weighted by Gasteiger charge is 2.21. The Bertz CT molecular complexity index is 438. The molecule has 2 N–H and O–H groups in total. The van der Waals surface area contributed by atoms with E-state index < -0.39 is 22.1 Å². The van der Waals surface area contributed by atoms with Crippen LogP contribution in [0.25, 0.3) is 0 Å². The molecule has 0 bridgehead atoms. The highest BCUT2D eigenvalue weighted by Crippen LogP contribution is 2.11. The minimum Gasteiger partial charge on any atom is -0.341 e. The smallest absolute Gasteiger partial charge is 0.341 e. The van der Waals surface area contributed by atoms with E-state index in [1.807, 2.05) is 0 Å². The predicted molar refractivity (Wildman–Crippen MR) is 53.4 cm³/mol. The molecule has 0 amide bonds. The summed E-state index contributed by atoms with van der Waals surface area (Å²) in [6.45, 7) is 1.35. The first-order chi connectivity index (χ1) is 6.93. The van der Waals surface area contributed by atoms with Gasteiger partial charge in [0.15, 0.2) is 0 Å². The number of nitrogens with two attached hydrogens (primary N) is 1. The SMILES string of the molecule is C[C@H](N)C(=O)OS(=O)(=O)c1ccccc1. The Balaban J connectivity index is 2.91. The van der Waals surface area contributed by atoms with Crippen LogP contribution in [0.1, 0.15) is 6.92 Å². The third kappa shape index (κ3) is 3.03. The van der Waals surface area contributed by atoms with E-state index in [1.165, 1.54) is 31.2 Å². The topological polar surface area (TPSA) is 86.5 Å². The van der Waals surface area contributed by atoms with Gasteiger partial charge in [0.05, 0.1) is 0 Å². The number of benzene rings is 1. The summed E-state index contributed by atoms with van der Waals surface area (Å²) < 4.78 is 27.2. The summed E-state index contributed by atoms with van der Waals surface area (Å²) in [6, 6.07) is 6.43. The molecule has 0 saturated carbocycles. The maximum absolute atomic E-state index is 11.4. The summed E-state index contributed by atoms with van der Waals surface area (Å²) in [5.41, 5.74) is 5.18. The van der Waals surface area contributed by atoms with Gasteiger partial charge in [0.25, 0.3) is 0 Å². The molecule has 0 fully saturated rings. The highest BCUT2D eigenvalue weighted by atomic mass is 32.2. The minimum absolute atomic E-state index is 0.0704. The van der Waals surface area contributed by atoms with Gasteiger partial charge >= 0.3 is 16.1 Å². The molecule has 82 valence electrons. The van der Waals surface area contributed by atoms with E-state index >= 15 is 0 Å². The van der Waals surface area contributed by atoms with Gasteiger partial charge in [-0.15, -0.1) is 0 Å². The summed E-state index contributed by atoms with van der Waals surface area (Å²) in [6.07, 6.45) is 0.